The van der Waals surface area contributed by atoms with Gasteiger partial charge in [-0.2, -0.15) is 0 Å². The third kappa shape index (κ3) is 6.01. The maximum absolute atomic E-state index is 12.6. The number of aliphatic carboxylic acids is 1. The molecule has 0 saturated carbocycles. The number of carbonyl (C=O) groups is 4. The molecule has 27 heavy (non-hydrogen) atoms. The molecular weight excluding hydrogens is 348 g/mol. The van der Waals surface area contributed by atoms with Crippen molar-refractivity contribution in [3.8, 4) is 0 Å². The topological polar surface area (TPSA) is 97.7 Å². The molecule has 1 N–H and O–H groups in total. The van der Waals surface area contributed by atoms with E-state index in [9.17, 15) is 19.2 Å². The van der Waals surface area contributed by atoms with Gasteiger partial charge in [0.05, 0.1) is 12.0 Å². The van der Waals surface area contributed by atoms with E-state index in [-0.39, 0.29) is 35.7 Å². The first-order chi connectivity index (χ1) is 12.3. The Morgan fingerprint density at radius 2 is 1.52 bits per heavy atom. The van der Waals surface area contributed by atoms with Crippen molar-refractivity contribution < 1.29 is 29.0 Å². The average molecular weight is 376 g/mol. The van der Waals surface area contributed by atoms with Crippen LogP contribution in [0.25, 0.3) is 0 Å². The van der Waals surface area contributed by atoms with Crippen molar-refractivity contribution in [1.82, 2.24) is 0 Å². The van der Waals surface area contributed by atoms with Gasteiger partial charge in [-0.3, -0.25) is 14.4 Å². The quantitative estimate of drug-likeness (QED) is 0.548. The number of ketones is 2. The molecule has 1 unspecified atom stereocenters. The molecule has 1 rings (SSSR count). The largest absolute Gasteiger partial charge is 0.481 e. The predicted octanol–water partition coefficient (Wildman–Crippen LogP) is 3.78. The summed E-state index contributed by atoms with van der Waals surface area (Å²) in [4.78, 5) is 48.4. The lowest BCUT2D eigenvalue weighted by Gasteiger charge is -2.24. The van der Waals surface area contributed by atoms with E-state index < -0.39 is 28.7 Å². The minimum atomic E-state index is -1.06. The van der Waals surface area contributed by atoms with Crippen LogP contribution in [0.3, 0.4) is 0 Å². The van der Waals surface area contributed by atoms with Crippen LogP contribution in [0, 0.1) is 16.7 Å². The minimum Gasteiger partial charge on any atom is -0.481 e. The number of ether oxygens (including phenoxy) is 1. The molecule has 1 aromatic rings. The first-order valence-electron chi connectivity index (χ1n) is 8.84. The van der Waals surface area contributed by atoms with Crippen LogP contribution < -0.4 is 0 Å². The zero-order valence-electron chi connectivity index (χ0n) is 16.8. The van der Waals surface area contributed by atoms with E-state index in [1.54, 1.807) is 59.7 Å². The lowest BCUT2D eigenvalue weighted by Crippen LogP contribution is -2.34. The molecule has 0 heterocycles. The molecule has 148 valence electrons. The average Bonchev–Trinajstić information content (AvgIpc) is 2.56. The number of hydrogen-bond donors (Lipinski definition) is 1. The van der Waals surface area contributed by atoms with E-state index in [1.165, 1.54) is 6.07 Å². The summed E-state index contributed by atoms with van der Waals surface area (Å²) in [5.74, 6) is -2.88. The monoisotopic (exact) mass is 376 g/mol. The predicted molar refractivity (Wildman–Crippen MR) is 101 cm³/mol. The summed E-state index contributed by atoms with van der Waals surface area (Å²) in [5, 5.41) is 8.93. The van der Waals surface area contributed by atoms with Crippen LogP contribution in [0.1, 0.15) is 68.7 Å². The first kappa shape index (κ1) is 22.5. The van der Waals surface area contributed by atoms with E-state index in [2.05, 4.69) is 0 Å². The Balaban J connectivity index is 2.88. The number of hydrogen-bond acceptors (Lipinski definition) is 5. The van der Waals surface area contributed by atoms with E-state index >= 15 is 0 Å². The molecule has 0 radical (unpaired) electrons. The summed E-state index contributed by atoms with van der Waals surface area (Å²) in [6.07, 6.45) is -0.299. The SMILES string of the molecule is CC(COC(=O)c1ccccc1C(=O)C(C)(C)C)C(=O)C(C)(C)CC(=O)O. The second-order valence-corrected chi connectivity index (χ2v) is 8.44. The summed E-state index contributed by atoms with van der Waals surface area (Å²) in [7, 11) is 0. The molecule has 0 aliphatic carbocycles. The zero-order chi connectivity index (χ0) is 21.0. The third-order valence-electron chi connectivity index (χ3n) is 4.24. The second-order valence-electron chi connectivity index (χ2n) is 8.44. The van der Waals surface area contributed by atoms with Crippen LogP contribution in [-0.2, 0) is 14.3 Å². The number of carbonyl (C=O) groups excluding carboxylic acids is 3. The van der Waals surface area contributed by atoms with E-state index in [0.29, 0.717) is 0 Å². The van der Waals surface area contributed by atoms with Gasteiger partial charge in [0.1, 0.15) is 12.4 Å². The highest BCUT2D eigenvalue weighted by Crippen LogP contribution is 2.27. The van der Waals surface area contributed by atoms with Crippen LogP contribution in [0.4, 0.5) is 0 Å². The molecule has 0 spiro atoms. The highest BCUT2D eigenvalue weighted by atomic mass is 16.5. The number of carboxylic acids is 1. The highest BCUT2D eigenvalue weighted by molar-refractivity contribution is 6.08. The van der Waals surface area contributed by atoms with Gasteiger partial charge < -0.3 is 9.84 Å². The number of rotatable bonds is 8. The third-order valence-corrected chi connectivity index (χ3v) is 4.24. The fourth-order valence-corrected chi connectivity index (χ4v) is 2.75. The Morgan fingerprint density at radius 1 is 1.00 bits per heavy atom. The Bertz CT molecular complexity index is 739. The van der Waals surface area contributed by atoms with Crippen LogP contribution in [-0.4, -0.2) is 35.2 Å². The van der Waals surface area contributed by atoms with Crippen LogP contribution >= 0.6 is 0 Å². The molecule has 0 aliphatic rings. The molecule has 1 atom stereocenters. The molecule has 6 nitrogen and oxygen atoms in total. The Morgan fingerprint density at radius 3 is 2.00 bits per heavy atom. The van der Waals surface area contributed by atoms with Crippen molar-refractivity contribution in [1.29, 1.82) is 0 Å². The summed E-state index contributed by atoms with van der Waals surface area (Å²) >= 11 is 0. The van der Waals surface area contributed by atoms with Gasteiger partial charge in [-0.25, -0.2) is 4.79 Å². The van der Waals surface area contributed by atoms with Gasteiger partial charge in [-0.15, -0.1) is 0 Å². The second kappa shape index (κ2) is 8.46. The molecule has 0 fully saturated rings. The van der Waals surface area contributed by atoms with Gasteiger partial charge in [0, 0.05) is 22.3 Å². The first-order valence-corrected chi connectivity index (χ1v) is 8.84. The molecule has 1 aromatic carbocycles. The number of Topliss-reactive ketones (excluding diaryl/α,β-unsaturated/α-hetero) is 2. The number of esters is 1. The number of benzene rings is 1. The summed E-state index contributed by atoms with van der Waals surface area (Å²) in [6, 6.07) is 6.41. The molecule has 0 amide bonds. The Hall–Kier alpha value is -2.50. The Labute approximate surface area is 159 Å². The normalized spacial score (nSPS) is 13.0. The minimum absolute atomic E-state index is 0.155. The van der Waals surface area contributed by atoms with Crippen molar-refractivity contribution in [2.45, 2.75) is 48.0 Å². The lowest BCUT2D eigenvalue weighted by molar-refractivity contribution is -0.145. The summed E-state index contributed by atoms with van der Waals surface area (Å²) < 4.78 is 5.26. The molecule has 0 aromatic heterocycles. The molecule has 0 bridgehead atoms. The smallest absolute Gasteiger partial charge is 0.338 e. The van der Waals surface area contributed by atoms with Crippen LogP contribution in [0.5, 0.6) is 0 Å². The molecule has 0 saturated heterocycles. The van der Waals surface area contributed by atoms with Gasteiger partial charge >= 0.3 is 11.9 Å². The highest BCUT2D eigenvalue weighted by Gasteiger charge is 2.34. The van der Waals surface area contributed by atoms with Crippen molar-refractivity contribution >= 4 is 23.5 Å². The van der Waals surface area contributed by atoms with Gasteiger partial charge in [0.2, 0.25) is 0 Å². The molecular formula is C21H28O6. The van der Waals surface area contributed by atoms with Crippen molar-refractivity contribution in [3.05, 3.63) is 35.4 Å². The summed E-state index contributed by atoms with van der Waals surface area (Å²) in [5.41, 5.74) is -1.28. The van der Waals surface area contributed by atoms with E-state index in [0.717, 1.165) is 0 Å². The van der Waals surface area contributed by atoms with Crippen LogP contribution in [0.2, 0.25) is 0 Å². The van der Waals surface area contributed by atoms with Gasteiger partial charge in [-0.1, -0.05) is 59.7 Å². The fraction of sp³-hybridized carbons (Fsp3) is 0.524. The Kier molecular flexibility index (Phi) is 7.06. The van der Waals surface area contributed by atoms with Gasteiger partial charge in [0.25, 0.3) is 0 Å². The van der Waals surface area contributed by atoms with Crippen molar-refractivity contribution in [2.75, 3.05) is 6.61 Å². The van der Waals surface area contributed by atoms with Crippen molar-refractivity contribution in [3.63, 3.8) is 0 Å². The number of carboxylic acid groups (broad SMARTS) is 1. The maximum atomic E-state index is 12.6. The van der Waals surface area contributed by atoms with Crippen molar-refractivity contribution in [2.24, 2.45) is 16.7 Å². The van der Waals surface area contributed by atoms with Gasteiger partial charge in [0.15, 0.2) is 5.78 Å². The maximum Gasteiger partial charge on any atom is 0.338 e. The molecule has 6 heteroatoms. The van der Waals surface area contributed by atoms with E-state index in [4.69, 9.17) is 9.84 Å². The van der Waals surface area contributed by atoms with Gasteiger partial charge in [-0.05, 0) is 6.07 Å². The van der Waals surface area contributed by atoms with E-state index in [1.807, 2.05) is 0 Å². The zero-order valence-corrected chi connectivity index (χ0v) is 16.8. The standard InChI is InChI=1S/C21H28O6/c1-13(17(24)21(5,6)11-16(22)23)12-27-19(26)15-10-8-7-9-14(15)18(25)20(2,3)4/h7-10,13H,11-12H2,1-6H3,(H,22,23). The fourth-order valence-electron chi connectivity index (χ4n) is 2.75. The summed E-state index contributed by atoms with van der Waals surface area (Å²) in [6.45, 7) is 9.82. The lowest BCUT2D eigenvalue weighted by atomic mass is 9.79. The molecule has 0 aliphatic heterocycles. The van der Waals surface area contributed by atoms with Crippen LogP contribution in [0.15, 0.2) is 24.3 Å².